The van der Waals surface area contributed by atoms with Gasteiger partial charge in [0, 0.05) is 45.6 Å². The van der Waals surface area contributed by atoms with Gasteiger partial charge >= 0.3 is 0 Å². The molecule has 0 spiro atoms. The van der Waals surface area contributed by atoms with Gasteiger partial charge in [-0.3, -0.25) is 9.59 Å². The number of amides is 2. The summed E-state index contributed by atoms with van der Waals surface area (Å²) in [6.07, 6.45) is 0.791. The Hall–Kier alpha value is -1.10. The molecule has 0 aliphatic carbocycles. The van der Waals surface area contributed by atoms with E-state index in [2.05, 4.69) is 31.4 Å². The monoisotopic (exact) mass is 243 g/mol. The highest BCUT2D eigenvalue weighted by Gasteiger charge is 2.10. The lowest BCUT2D eigenvalue weighted by Crippen LogP contribution is -2.39. The van der Waals surface area contributed by atoms with Crippen LogP contribution >= 0.6 is 0 Å². The topological polar surface area (TPSA) is 61.4 Å². The first kappa shape index (κ1) is 15.9. The molecular formula is C12H25N3O2. The van der Waals surface area contributed by atoms with E-state index in [1.54, 1.807) is 14.1 Å². The van der Waals surface area contributed by atoms with Gasteiger partial charge in [0.15, 0.2) is 0 Å². The highest BCUT2D eigenvalue weighted by Crippen LogP contribution is 1.97. The predicted octanol–water partition coefficient (Wildman–Crippen LogP) is 0.359. The van der Waals surface area contributed by atoms with Gasteiger partial charge in [-0.1, -0.05) is 0 Å². The van der Waals surface area contributed by atoms with Crippen LogP contribution in [0.5, 0.6) is 0 Å². The molecule has 0 aliphatic heterocycles. The normalized spacial score (nSPS) is 11.1. The highest BCUT2D eigenvalue weighted by molar-refractivity contribution is 5.78. The average molecular weight is 243 g/mol. The van der Waals surface area contributed by atoms with Gasteiger partial charge in [0.2, 0.25) is 11.8 Å². The van der Waals surface area contributed by atoms with Crippen LogP contribution in [0.3, 0.4) is 0 Å². The minimum absolute atomic E-state index is 0.0201. The molecule has 5 heteroatoms. The Morgan fingerprint density at radius 3 is 2.12 bits per heavy atom. The van der Waals surface area contributed by atoms with Crippen LogP contribution in [0, 0.1) is 0 Å². The summed E-state index contributed by atoms with van der Waals surface area (Å²) in [4.78, 5) is 24.2. The first-order chi connectivity index (χ1) is 7.72. The van der Waals surface area contributed by atoms with Crippen molar-refractivity contribution in [2.45, 2.75) is 39.2 Å². The van der Waals surface area contributed by atoms with Gasteiger partial charge in [-0.05, 0) is 20.8 Å². The number of nitrogens with zero attached hydrogens (tertiary/aromatic N) is 1. The molecule has 0 heterocycles. The van der Waals surface area contributed by atoms with Crippen LogP contribution in [0.1, 0.15) is 33.6 Å². The van der Waals surface area contributed by atoms with Gasteiger partial charge < -0.3 is 15.5 Å². The van der Waals surface area contributed by atoms with Crippen molar-refractivity contribution in [3.05, 3.63) is 0 Å². The maximum Gasteiger partial charge on any atom is 0.223 e. The number of carbonyl (C=O) groups is 2. The molecule has 2 amide bonds. The summed E-state index contributed by atoms with van der Waals surface area (Å²) in [6.45, 7) is 7.23. The molecule has 0 aromatic heterocycles. The number of hydrogen-bond donors (Lipinski definition) is 2. The van der Waals surface area contributed by atoms with E-state index in [0.29, 0.717) is 25.9 Å². The molecule has 0 saturated heterocycles. The van der Waals surface area contributed by atoms with Crippen molar-refractivity contribution < 1.29 is 9.59 Å². The van der Waals surface area contributed by atoms with E-state index in [1.807, 2.05) is 0 Å². The van der Waals surface area contributed by atoms with Gasteiger partial charge in [0.1, 0.15) is 0 Å². The van der Waals surface area contributed by atoms with E-state index in [9.17, 15) is 9.59 Å². The fraction of sp³-hybridized carbons (Fsp3) is 0.833. The zero-order valence-electron chi connectivity index (χ0n) is 11.6. The lowest BCUT2D eigenvalue weighted by molar-refractivity contribution is -0.128. The van der Waals surface area contributed by atoms with Crippen LogP contribution in [0.2, 0.25) is 0 Å². The van der Waals surface area contributed by atoms with E-state index in [-0.39, 0.29) is 17.4 Å². The third kappa shape index (κ3) is 9.81. The zero-order chi connectivity index (χ0) is 13.5. The van der Waals surface area contributed by atoms with Crippen molar-refractivity contribution in [2.24, 2.45) is 0 Å². The fourth-order valence-corrected chi connectivity index (χ4v) is 1.17. The fourth-order valence-electron chi connectivity index (χ4n) is 1.17. The number of nitrogens with one attached hydrogen (secondary N) is 2. The van der Waals surface area contributed by atoms with Gasteiger partial charge in [0.25, 0.3) is 0 Å². The molecule has 0 unspecified atom stereocenters. The summed E-state index contributed by atoms with van der Waals surface area (Å²) < 4.78 is 0. The van der Waals surface area contributed by atoms with Gasteiger partial charge in [-0.25, -0.2) is 0 Å². The summed E-state index contributed by atoms with van der Waals surface area (Å²) in [5.41, 5.74) is 0.0289. The molecular weight excluding hydrogens is 218 g/mol. The summed E-state index contributed by atoms with van der Waals surface area (Å²) in [6, 6.07) is 0. The van der Waals surface area contributed by atoms with Gasteiger partial charge in [-0.15, -0.1) is 0 Å². The Morgan fingerprint density at radius 2 is 1.65 bits per heavy atom. The Labute approximate surface area is 104 Å². The molecule has 0 bridgehead atoms. The quantitative estimate of drug-likeness (QED) is 0.708. The minimum atomic E-state index is -0.0201. The molecule has 0 rings (SSSR count). The lowest BCUT2D eigenvalue weighted by Gasteiger charge is -2.20. The standard InChI is InChI=1S/C12H25N3O2/c1-12(2,3)14-9-6-10(16)13-8-7-11(17)15(4)5/h14H,6-9H2,1-5H3,(H,13,16). The lowest BCUT2D eigenvalue weighted by atomic mass is 10.1. The number of carbonyl (C=O) groups excluding carboxylic acids is 2. The zero-order valence-corrected chi connectivity index (χ0v) is 11.6. The Morgan fingerprint density at radius 1 is 1.06 bits per heavy atom. The summed E-state index contributed by atoms with van der Waals surface area (Å²) >= 11 is 0. The molecule has 0 saturated carbocycles. The average Bonchev–Trinajstić information content (AvgIpc) is 2.15. The molecule has 0 atom stereocenters. The Bertz CT molecular complexity index is 257. The SMILES string of the molecule is CN(C)C(=O)CCNC(=O)CCNC(C)(C)C. The highest BCUT2D eigenvalue weighted by atomic mass is 16.2. The van der Waals surface area contributed by atoms with Crippen molar-refractivity contribution in [1.82, 2.24) is 15.5 Å². The van der Waals surface area contributed by atoms with Crippen LogP contribution in [0.4, 0.5) is 0 Å². The number of rotatable bonds is 6. The number of hydrogen-bond acceptors (Lipinski definition) is 3. The van der Waals surface area contributed by atoms with E-state index >= 15 is 0 Å². The second-order valence-electron chi connectivity index (χ2n) is 5.31. The van der Waals surface area contributed by atoms with Crippen molar-refractivity contribution in [1.29, 1.82) is 0 Å². The van der Waals surface area contributed by atoms with E-state index in [4.69, 9.17) is 0 Å². The maximum absolute atomic E-state index is 11.4. The van der Waals surface area contributed by atoms with Crippen LogP contribution in [-0.4, -0.2) is 49.4 Å². The van der Waals surface area contributed by atoms with Crippen LogP contribution in [0.15, 0.2) is 0 Å². The second kappa shape index (κ2) is 7.27. The first-order valence-electron chi connectivity index (χ1n) is 5.94. The largest absolute Gasteiger partial charge is 0.356 e. The predicted molar refractivity (Wildman–Crippen MR) is 68.7 cm³/mol. The summed E-state index contributed by atoms with van der Waals surface area (Å²) in [7, 11) is 3.41. The molecule has 0 fully saturated rings. The molecule has 5 nitrogen and oxygen atoms in total. The Balaban J connectivity index is 3.58. The third-order valence-electron chi connectivity index (χ3n) is 2.17. The molecule has 2 N–H and O–H groups in total. The molecule has 0 aliphatic rings. The smallest absolute Gasteiger partial charge is 0.223 e. The first-order valence-corrected chi connectivity index (χ1v) is 5.94. The van der Waals surface area contributed by atoms with Crippen molar-refractivity contribution in [3.8, 4) is 0 Å². The third-order valence-corrected chi connectivity index (χ3v) is 2.17. The Kier molecular flexibility index (Phi) is 6.80. The maximum atomic E-state index is 11.4. The van der Waals surface area contributed by atoms with Crippen LogP contribution in [0.25, 0.3) is 0 Å². The van der Waals surface area contributed by atoms with E-state index in [0.717, 1.165) is 0 Å². The molecule has 0 aromatic carbocycles. The van der Waals surface area contributed by atoms with Gasteiger partial charge in [0.05, 0.1) is 0 Å². The van der Waals surface area contributed by atoms with Crippen molar-refractivity contribution in [3.63, 3.8) is 0 Å². The summed E-state index contributed by atoms with van der Waals surface area (Å²) in [5, 5.41) is 5.96. The van der Waals surface area contributed by atoms with E-state index < -0.39 is 0 Å². The van der Waals surface area contributed by atoms with Crippen molar-refractivity contribution >= 4 is 11.8 Å². The summed E-state index contributed by atoms with van der Waals surface area (Å²) in [5.74, 6) is 0.00595. The molecule has 0 radical (unpaired) electrons. The van der Waals surface area contributed by atoms with E-state index in [1.165, 1.54) is 4.90 Å². The molecule has 17 heavy (non-hydrogen) atoms. The minimum Gasteiger partial charge on any atom is -0.356 e. The molecule has 100 valence electrons. The van der Waals surface area contributed by atoms with Crippen molar-refractivity contribution in [2.75, 3.05) is 27.2 Å². The van der Waals surface area contributed by atoms with Crippen LogP contribution in [-0.2, 0) is 9.59 Å². The van der Waals surface area contributed by atoms with Crippen LogP contribution < -0.4 is 10.6 Å². The molecule has 0 aromatic rings. The second-order valence-corrected chi connectivity index (χ2v) is 5.31. The van der Waals surface area contributed by atoms with Gasteiger partial charge in [-0.2, -0.15) is 0 Å².